The van der Waals surface area contributed by atoms with E-state index in [1.54, 1.807) is 17.8 Å². The van der Waals surface area contributed by atoms with E-state index >= 15 is 0 Å². The quantitative estimate of drug-likeness (QED) is 0.549. The summed E-state index contributed by atoms with van der Waals surface area (Å²) in [6, 6.07) is 7.36. The second-order valence-corrected chi connectivity index (χ2v) is 8.06. The largest absolute Gasteiger partial charge is 0.370 e. The average Bonchev–Trinajstić information content (AvgIpc) is 3.41. The van der Waals surface area contributed by atoms with Gasteiger partial charge in [-0.1, -0.05) is 34.6 Å². The van der Waals surface area contributed by atoms with Crippen molar-refractivity contribution in [3.63, 3.8) is 0 Å². The van der Waals surface area contributed by atoms with Gasteiger partial charge in [-0.3, -0.25) is 0 Å². The van der Waals surface area contributed by atoms with Gasteiger partial charge in [-0.25, -0.2) is 0 Å². The number of ether oxygens (including phenoxy) is 1. The third kappa shape index (κ3) is 3.88. The van der Waals surface area contributed by atoms with Gasteiger partial charge in [0.1, 0.15) is 6.10 Å². The molecular weight excluding hydrogens is 386 g/mol. The van der Waals surface area contributed by atoms with Crippen LogP contribution in [0.2, 0.25) is 5.02 Å². The molecule has 1 aliphatic heterocycles. The lowest BCUT2D eigenvalue weighted by molar-refractivity contribution is 0.101. The fourth-order valence-corrected chi connectivity index (χ4v) is 4.20. The van der Waals surface area contributed by atoms with Gasteiger partial charge in [0, 0.05) is 23.7 Å². The van der Waals surface area contributed by atoms with Crippen molar-refractivity contribution in [1.29, 1.82) is 0 Å². The predicted molar refractivity (Wildman–Crippen MR) is 103 cm³/mol. The highest BCUT2D eigenvalue weighted by molar-refractivity contribution is 7.99. The standard InChI is InChI=1S/C18H20ClN5O2S/c1-3-24-16(14-8-5-9-25-14)21-22-18(24)27-11(2)15-20-17(26-23-15)12-6-4-7-13(19)10-12/h4,6-7,10-11,14H,3,5,8-9H2,1-2H3. The first kappa shape index (κ1) is 18.5. The summed E-state index contributed by atoms with van der Waals surface area (Å²) >= 11 is 7.60. The molecule has 2 atom stereocenters. The Morgan fingerprint density at radius 2 is 2.26 bits per heavy atom. The van der Waals surface area contributed by atoms with Gasteiger partial charge in [0.05, 0.1) is 5.25 Å². The van der Waals surface area contributed by atoms with Crippen molar-refractivity contribution in [3.8, 4) is 11.5 Å². The molecule has 0 N–H and O–H groups in total. The van der Waals surface area contributed by atoms with Crippen molar-refractivity contribution in [2.75, 3.05) is 6.61 Å². The number of rotatable bonds is 6. The second kappa shape index (κ2) is 8.00. The summed E-state index contributed by atoms with van der Waals surface area (Å²) in [4.78, 5) is 4.52. The molecule has 0 aliphatic carbocycles. The Balaban J connectivity index is 1.52. The van der Waals surface area contributed by atoms with Gasteiger partial charge in [-0.15, -0.1) is 10.2 Å². The van der Waals surface area contributed by atoms with Crippen molar-refractivity contribution in [2.45, 2.75) is 49.7 Å². The minimum absolute atomic E-state index is 0.0338. The summed E-state index contributed by atoms with van der Waals surface area (Å²) in [5.74, 6) is 1.97. The van der Waals surface area contributed by atoms with Crippen LogP contribution >= 0.6 is 23.4 Å². The third-order valence-corrected chi connectivity index (χ3v) is 5.75. The van der Waals surface area contributed by atoms with Crippen LogP contribution in [0.5, 0.6) is 0 Å². The second-order valence-electron chi connectivity index (χ2n) is 6.31. The van der Waals surface area contributed by atoms with E-state index in [0.29, 0.717) is 16.7 Å². The summed E-state index contributed by atoms with van der Waals surface area (Å²) in [7, 11) is 0. The molecule has 0 radical (unpaired) electrons. The molecule has 0 bridgehead atoms. The van der Waals surface area contributed by atoms with Gasteiger partial charge in [-0.2, -0.15) is 4.98 Å². The molecule has 4 rings (SSSR count). The Bertz CT molecular complexity index is 922. The number of aromatic nitrogens is 5. The zero-order valence-electron chi connectivity index (χ0n) is 15.1. The van der Waals surface area contributed by atoms with E-state index in [9.17, 15) is 0 Å². The molecule has 0 spiro atoms. The molecule has 1 aromatic carbocycles. The zero-order chi connectivity index (χ0) is 18.8. The smallest absolute Gasteiger partial charge is 0.258 e. The molecule has 2 aromatic heterocycles. The van der Waals surface area contributed by atoms with E-state index in [4.69, 9.17) is 20.9 Å². The van der Waals surface area contributed by atoms with Crippen LogP contribution in [0.25, 0.3) is 11.5 Å². The van der Waals surface area contributed by atoms with Crippen LogP contribution in [-0.2, 0) is 11.3 Å². The Kier molecular flexibility index (Phi) is 5.47. The topological polar surface area (TPSA) is 78.9 Å². The SMILES string of the molecule is CCn1c(SC(C)c2noc(-c3cccc(Cl)c3)n2)nnc1C1CCCO1. The number of hydrogen-bond donors (Lipinski definition) is 0. The molecule has 0 amide bonds. The van der Waals surface area contributed by atoms with E-state index < -0.39 is 0 Å². The number of thioether (sulfide) groups is 1. The Morgan fingerprint density at radius 1 is 1.37 bits per heavy atom. The van der Waals surface area contributed by atoms with Crippen LogP contribution in [0.4, 0.5) is 0 Å². The predicted octanol–water partition coefficient (Wildman–Crippen LogP) is 4.71. The molecule has 0 saturated carbocycles. The fraction of sp³-hybridized carbons (Fsp3) is 0.444. The van der Waals surface area contributed by atoms with Crippen molar-refractivity contribution in [1.82, 2.24) is 24.9 Å². The molecule has 1 saturated heterocycles. The highest BCUT2D eigenvalue weighted by Gasteiger charge is 2.26. The third-order valence-electron chi connectivity index (χ3n) is 4.44. The number of hydrogen-bond acceptors (Lipinski definition) is 7. The molecular formula is C18H20ClN5O2S. The van der Waals surface area contributed by atoms with Gasteiger partial charge >= 0.3 is 0 Å². The minimum atomic E-state index is -0.0338. The summed E-state index contributed by atoms with van der Waals surface area (Å²) in [6.45, 7) is 5.69. The summed E-state index contributed by atoms with van der Waals surface area (Å²) in [6.07, 6.45) is 2.10. The number of benzene rings is 1. The van der Waals surface area contributed by atoms with Crippen molar-refractivity contribution in [3.05, 3.63) is 40.9 Å². The van der Waals surface area contributed by atoms with Crippen LogP contribution in [0.15, 0.2) is 33.9 Å². The minimum Gasteiger partial charge on any atom is -0.370 e. The Morgan fingerprint density at radius 3 is 3.00 bits per heavy atom. The monoisotopic (exact) mass is 405 g/mol. The van der Waals surface area contributed by atoms with Crippen LogP contribution in [0, 0.1) is 0 Å². The molecule has 3 heterocycles. The Labute approximate surface area is 166 Å². The van der Waals surface area contributed by atoms with Gasteiger partial charge in [-0.05, 0) is 44.9 Å². The lowest BCUT2D eigenvalue weighted by atomic mass is 10.2. The molecule has 9 heteroatoms. The normalized spacial score (nSPS) is 18.1. The molecule has 27 heavy (non-hydrogen) atoms. The summed E-state index contributed by atoms with van der Waals surface area (Å²) in [5.41, 5.74) is 0.802. The van der Waals surface area contributed by atoms with E-state index in [1.807, 2.05) is 25.1 Å². The van der Waals surface area contributed by atoms with Crippen molar-refractivity contribution in [2.24, 2.45) is 0 Å². The van der Waals surface area contributed by atoms with Crippen molar-refractivity contribution >= 4 is 23.4 Å². The maximum atomic E-state index is 6.04. The maximum absolute atomic E-state index is 6.04. The molecule has 7 nitrogen and oxygen atoms in total. The molecule has 1 fully saturated rings. The first-order chi connectivity index (χ1) is 13.2. The Hall–Kier alpha value is -1.90. The van der Waals surface area contributed by atoms with E-state index in [2.05, 4.69) is 31.8 Å². The van der Waals surface area contributed by atoms with Gasteiger partial charge in [0.15, 0.2) is 16.8 Å². The zero-order valence-corrected chi connectivity index (χ0v) is 16.7. The lowest BCUT2D eigenvalue weighted by Crippen LogP contribution is -2.08. The first-order valence-electron chi connectivity index (χ1n) is 8.96. The molecule has 3 aromatic rings. The lowest BCUT2D eigenvalue weighted by Gasteiger charge is -2.12. The molecule has 2 unspecified atom stereocenters. The first-order valence-corrected chi connectivity index (χ1v) is 10.2. The van der Waals surface area contributed by atoms with Crippen LogP contribution < -0.4 is 0 Å². The van der Waals surface area contributed by atoms with E-state index in [1.165, 1.54) is 0 Å². The highest BCUT2D eigenvalue weighted by Crippen LogP contribution is 2.36. The van der Waals surface area contributed by atoms with E-state index in [0.717, 1.165) is 42.5 Å². The van der Waals surface area contributed by atoms with Gasteiger partial charge in [0.25, 0.3) is 5.89 Å². The van der Waals surface area contributed by atoms with Crippen LogP contribution in [0.3, 0.4) is 0 Å². The summed E-state index contributed by atoms with van der Waals surface area (Å²) < 4.78 is 13.3. The fourth-order valence-electron chi connectivity index (χ4n) is 3.05. The van der Waals surface area contributed by atoms with Crippen LogP contribution in [-0.4, -0.2) is 31.5 Å². The van der Waals surface area contributed by atoms with Crippen LogP contribution in [0.1, 0.15) is 49.7 Å². The molecule has 142 valence electrons. The molecule has 1 aliphatic rings. The van der Waals surface area contributed by atoms with Gasteiger partial charge < -0.3 is 13.8 Å². The highest BCUT2D eigenvalue weighted by atomic mass is 35.5. The van der Waals surface area contributed by atoms with Crippen molar-refractivity contribution < 1.29 is 9.26 Å². The van der Waals surface area contributed by atoms with Gasteiger partial charge in [0.2, 0.25) is 0 Å². The average molecular weight is 406 g/mol. The number of nitrogens with zero attached hydrogens (tertiary/aromatic N) is 5. The number of halogens is 1. The summed E-state index contributed by atoms with van der Waals surface area (Å²) in [5, 5.41) is 14.3. The maximum Gasteiger partial charge on any atom is 0.258 e. The van der Waals surface area contributed by atoms with E-state index in [-0.39, 0.29) is 11.4 Å².